The first kappa shape index (κ1) is 21.0. The Hall–Kier alpha value is -2.31. The van der Waals surface area contributed by atoms with E-state index in [9.17, 15) is 21.6 Å². The van der Waals surface area contributed by atoms with Gasteiger partial charge in [0.15, 0.2) is 9.84 Å². The van der Waals surface area contributed by atoms with Crippen molar-refractivity contribution in [3.63, 3.8) is 0 Å². The van der Waals surface area contributed by atoms with Crippen LogP contribution in [0.2, 0.25) is 5.15 Å². The van der Waals surface area contributed by atoms with Gasteiger partial charge in [0.2, 0.25) is 5.95 Å². The number of benzene rings is 1. The molecule has 1 N–H and O–H groups in total. The largest absolute Gasteiger partial charge is 0.420 e. The van der Waals surface area contributed by atoms with Crippen molar-refractivity contribution in [3.05, 3.63) is 41.2 Å². The number of terminal acetylenes is 1. The number of unbranched alkanes of at least 4 members (excludes halogenated alkanes) is 2. The third kappa shape index (κ3) is 5.84. The molecule has 0 amide bonds. The molecule has 0 unspecified atom stereocenters. The standard InChI is InChI=1S/C17H15ClF3N3O2S/c1-2-3-4-5-10-27(25,26)13-8-6-12(7-9-13)23-16-22-11-14(15(18)24-16)17(19,20)21/h1,6-9,11H,3-5,10H2,(H,22,23,24). The zero-order valence-electron chi connectivity index (χ0n) is 13.9. The van der Waals surface area contributed by atoms with E-state index in [1.165, 1.54) is 24.3 Å². The van der Waals surface area contributed by atoms with Crippen LogP contribution in [0.25, 0.3) is 0 Å². The van der Waals surface area contributed by atoms with Gasteiger partial charge in [-0.05, 0) is 37.1 Å². The van der Waals surface area contributed by atoms with E-state index in [2.05, 4.69) is 21.2 Å². The summed E-state index contributed by atoms with van der Waals surface area (Å²) in [4.78, 5) is 7.26. The van der Waals surface area contributed by atoms with Gasteiger partial charge in [-0.3, -0.25) is 0 Å². The second-order valence-corrected chi connectivity index (χ2v) is 7.99. The molecule has 144 valence electrons. The van der Waals surface area contributed by atoms with Gasteiger partial charge in [0, 0.05) is 18.3 Å². The van der Waals surface area contributed by atoms with Crippen molar-refractivity contribution in [2.75, 3.05) is 11.1 Å². The summed E-state index contributed by atoms with van der Waals surface area (Å²) in [6, 6.07) is 5.71. The fraction of sp³-hybridized carbons (Fsp3) is 0.294. The Morgan fingerprint density at radius 3 is 2.41 bits per heavy atom. The second-order valence-electron chi connectivity index (χ2n) is 5.53. The molecule has 2 aromatic rings. The Morgan fingerprint density at radius 1 is 1.19 bits per heavy atom. The maximum absolute atomic E-state index is 12.6. The average Bonchev–Trinajstić information content (AvgIpc) is 2.58. The lowest BCUT2D eigenvalue weighted by molar-refractivity contribution is -0.137. The molecule has 2 rings (SSSR count). The maximum atomic E-state index is 12.6. The molecule has 0 spiro atoms. The predicted molar refractivity (Wildman–Crippen MR) is 96.5 cm³/mol. The van der Waals surface area contributed by atoms with Crippen LogP contribution < -0.4 is 5.32 Å². The molecular weight excluding hydrogens is 403 g/mol. The van der Waals surface area contributed by atoms with Crippen LogP contribution >= 0.6 is 11.6 Å². The summed E-state index contributed by atoms with van der Waals surface area (Å²) in [5.41, 5.74) is -0.738. The molecule has 0 saturated carbocycles. The lowest BCUT2D eigenvalue weighted by atomic mass is 10.3. The molecule has 0 atom stereocenters. The minimum atomic E-state index is -4.65. The number of alkyl halides is 3. The third-order valence-electron chi connectivity index (χ3n) is 3.50. The average molecular weight is 418 g/mol. The highest BCUT2D eigenvalue weighted by Crippen LogP contribution is 2.33. The lowest BCUT2D eigenvalue weighted by Crippen LogP contribution is -2.09. The SMILES string of the molecule is C#CCCCCS(=O)(=O)c1ccc(Nc2ncc(C(F)(F)F)c(Cl)n2)cc1. The highest BCUT2D eigenvalue weighted by atomic mass is 35.5. The van der Waals surface area contributed by atoms with Gasteiger partial charge in [-0.25, -0.2) is 18.4 Å². The van der Waals surface area contributed by atoms with E-state index in [1.807, 2.05) is 0 Å². The number of halogens is 4. The summed E-state index contributed by atoms with van der Waals surface area (Å²) in [5.74, 6) is 2.30. The molecule has 10 heteroatoms. The number of anilines is 2. The molecule has 1 heterocycles. The number of nitrogens with one attached hydrogen (secondary N) is 1. The van der Waals surface area contributed by atoms with E-state index < -0.39 is 26.7 Å². The summed E-state index contributed by atoms with van der Waals surface area (Å²) >= 11 is 5.53. The summed E-state index contributed by atoms with van der Waals surface area (Å²) < 4.78 is 62.4. The number of aromatic nitrogens is 2. The van der Waals surface area contributed by atoms with E-state index in [-0.39, 0.29) is 16.6 Å². The van der Waals surface area contributed by atoms with Crippen molar-refractivity contribution in [2.24, 2.45) is 0 Å². The molecule has 1 aromatic carbocycles. The third-order valence-corrected chi connectivity index (χ3v) is 5.61. The van der Waals surface area contributed by atoms with Crippen molar-refractivity contribution in [2.45, 2.75) is 30.3 Å². The second kappa shape index (κ2) is 8.59. The van der Waals surface area contributed by atoms with Crippen molar-refractivity contribution in [1.29, 1.82) is 0 Å². The molecule has 0 aliphatic heterocycles. The van der Waals surface area contributed by atoms with Gasteiger partial charge in [-0.15, -0.1) is 12.3 Å². The van der Waals surface area contributed by atoms with Crippen LogP contribution in [0.15, 0.2) is 35.4 Å². The Morgan fingerprint density at radius 2 is 1.85 bits per heavy atom. The van der Waals surface area contributed by atoms with Gasteiger partial charge in [0.1, 0.15) is 10.7 Å². The molecular formula is C17H15ClF3N3O2S. The molecule has 0 radical (unpaired) electrons. The van der Waals surface area contributed by atoms with Crippen LogP contribution in [0, 0.1) is 12.3 Å². The Balaban J connectivity index is 2.08. The molecule has 0 fully saturated rings. The van der Waals surface area contributed by atoms with Gasteiger partial charge in [-0.2, -0.15) is 13.2 Å². The van der Waals surface area contributed by atoms with Crippen molar-refractivity contribution >= 4 is 33.1 Å². The predicted octanol–water partition coefficient (Wildman–Crippen LogP) is 4.47. The molecule has 0 bridgehead atoms. The molecule has 0 aliphatic carbocycles. The quantitative estimate of drug-likeness (QED) is 0.409. The highest BCUT2D eigenvalue weighted by molar-refractivity contribution is 7.91. The number of hydrogen-bond donors (Lipinski definition) is 1. The summed E-state index contributed by atoms with van der Waals surface area (Å²) in [6.45, 7) is 0. The lowest BCUT2D eigenvalue weighted by Gasteiger charge is -2.10. The van der Waals surface area contributed by atoms with Gasteiger partial charge in [0.05, 0.1) is 10.6 Å². The van der Waals surface area contributed by atoms with Gasteiger partial charge < -0.3 is 5.32 Å². The van der Waals surface area contributed by atoms with E-state index in [0.29, 0.717) is 31.1 Å². The normalized spacial score (nSPS) is 11.8. The first-order valence-corrected chi connectivity index (χ1v) is 9.79. The van der Waals surface area contributed by atoms with E-state index in [1.54, 1.807) is 0 Å². The van der Waals surface area contributed by atoms with Crippen LogP contribution in [0.4, 0.5) is 24.8 Å². The van der Waals surface area contributed by atoms with Crippen molar-refractivity contribution in [3.8, 4) is 12.3 Å². The van der Waals surface area contributed by atoms with E-state index >= 15 is 0 Å². The van der Waals surface area contributed by atoms with Gasteiger partial charge >= 0.3 is 6.18 Å². The van der Waals surface area contributed by atoms with E-state index in [4.69, 9.17) is 18.0 Å². The molecule has 1 aromatic heterocycles. The monoisotopic (exact) mass is 417 g/mol. The van der Waals surface area contributed by atoms with Crippen LogP contribution in [0.3, 0.4) is 0 Å². The van der Waals surface area contributed by atoms with Crippen LogP contribution in [0.1, 0.15) is 24.8 Å². The first-order valence-electron chi connectivity index (χ1n) is 7.76. The number of hydrogen-bond acceptors (Lipinski definition) is 5. The fourth-order valence-electron chi connectivity index (χ4n) is 2.12. The van der Waals surface area contributed by atoms with Gasteiger partial charge in [-0.1, -0.05) is 11.6 Å². The van der Waals surface area contributed by atoms with Gasteiger partial charge in [0.25, 0.3) is 0 Å². The zero-order valence-corrected chi connectivity index (χ0v) is 15.5. The minimum Gasteiger partial charge on any atom is -0.324 e. The summed E-state index contributed by atoms with van der Waals surface area (Å²) in [7, 11) is -3.43. The summed E-state index contributed by atoms with van der Waals surface area (Å²) in [5, 5.41) is 1.94. The topological polar surface area (TPSA) is 72.0 Å². The van der Waals surface area contributed by atoms with Crippen molar-refractivity contribution < 1.29 is 21.6 Å². The zero-order chi connectivity index (χ0) is 20.1. The fourth-order valence-corrected chi connectivity index (χ4v) is 3.73. The smallest absolute Gasteiger partial charge is 0.324 e. The van der Waals surface area contributed by atoms with Crippen LogP contribution in [-0.4, -0.2) is 24.1 Å². The number of rotatable bonds is 7. The van der Waals surface area contributed by atoms with E-state index in [0.717, 1.165) is 0 Å². The van der Waals surface area contributed by atoms with Crippen LogP contribution in [-0.2, 0) is 16.0 Å². The maximum Gasteiger partial charge on any atom is 0.420 e. The Kier molecular flexibility index (Phi) is 6.68. The minimum absolute atomic E-state index is 0.0148. The number of sulfone groups is 1. The molecule has 27 heavy (non-hydrogen) atoms. The molecule has 0 aliphatic rings. The highest BCUT2D eigenvalue weighted by Gasteiger charge is 2.34. The number of nitrogens with zero attached hydrogens (tertiary/aromatic N) is 2. The molecule has 5 nitrogen and oxygen atoms in total. The van der Waals surface area contributed by atoms with Crippen molar-refractivity contribution in [1.82, 2.24) is 9.97 Å². The Bertz CT molecular complexity index is 939. The Labute approximate surface area is 159 Å². The molecule has 0 saturated heterocycles. The summed E-state index contributed by atoms with van der Waals surface area (Å²) in [6.07, 6.45) is 2.67. The van der Waals surface area contributed by atoms with Crippen LogP contribution in [0.5, 0.6) is 0 Å². The first-order chi connectivity index (χ1) is 12.6.